The second-order valence-corrected chi connectivity index (χ2v) is 24.9. The molecular weight excluding hydrogens is 983 g/mol. The topological polar surface area (TPSA) is 110 Å². The molecule has 0 saturated heterocycles. The molecule has 0 spiro atoms. The number of unbranched alkanes of at least 4 members (excludes halogenated alkanes) is 50. The number of rotatable bonds is 67. The zero-order valence-corrected chi connectivity index (χ0v) is 53.8. The highest BCUT2D eigenvalue weighted by Gasteiger charge is 2.28. The second-order valence-electron chi connectivity index (χ2n) is 24.9. The van der Waals surface area contributed by atoms with Gasteiger partial charge in [-0.25, -0.2) is 0 Å². The summed E-state index contributed by atoms with van der Waals surface area (Å²) >= 11 is 0. The first kappa shape index (κ1) is 78.3. The predicted molar refractivity (Wildman–Crippen MR) is 353 cm³/mol. The molecular formula is C74H141NO5. The molecule has 6 nitrogen and oxygen atoms in total. The van der Waals surface area contributed by atoms with E-state index in [2.05, 4.69) is 67.8 Å². The number of carbonyl (C=O) groups excluding carboxylic acids is 1. The molecule has 0 aliphatic rings. The summed E-state index contributed by atoms with van der Waals surface area (Å²) in [6.45, 7) is 4.09. The molecule has 0 aromatic carbocycles. The third-order valence-corrected chi connectivity index (χ3v) is 17.0. The highest BCUT2D eigenvalue weighted by molar-refractivity contribution is 5.80. The molecule has 1 amide bonds. The molecule has 472 valence electrons. The standard InChI is InChI=1S/C74H141NO5/c1-3-5-7-9-11-13-15-17-19-21-23-25-27-29-31-33-35-36-37-38-40-42-44-46-48-50-52-54-56-58-60-62-64-66-68-72(78)74(80)75-70(69-76)73(79)71(77)67-65-63-61-59-57-55-53-51-49-47-45-43-41-39-34-32-30-28-26-24-22-20-18-16-14-12-10-8-6-4-2/h33,35,43,45,51,53,59,61,70-73,76-79H,3-32,34,36-42,44,46-50,52,54-58,60,62-69H2,1-2H3,(H,75,80)/b35-33-,45-43+,53-51+,61-59+. The Morgan fingerprint density at radius 2 is 0.525 bits per heavy atom. The number of nitrogens with one attached hydrogen (secondary N) is 1. The SMILES string of the molecule is CCCCCCCCCCCCCCCC/C=C\CCCCCCCCCCCCCCCCCCC(O)C(=O)NC(CO)C(O)C(O)CCC/C=C/CC/C=C/CC/C=C/CCCCCCCCCCCCCCCCCCC. The molecule has 0 fully saturated rings. The summed E-state index contributed by atoms with van der Waals surface area (Å²) in [5.41, 5.74) is 0. The molecule has 5 N–H and O–H groups in total. The van der Waals surface area contributed by atoms with Gasteiger partial charge in [0.25, 0.3) is 0 Å². The fraction of sp³-hybridized carbons (Fsp3) is 0.878. The summed E-state index contributed by atoms with van der Waals surface area (Å²) < 4.78 is 0. The van der Waals surface area contributed by atoms with Crippen LogP contribution in [-0.4, -0.2) is 57.3 Å². The number of hydrogen-bond donors (Lipinski definition) is 5. The van der Waals surface area contributed by atoms with Gasteiger partial charge in [-0.1, -0.05) is 345 Å². The van der Waals surface area contributed by atoms with Crippen molar-refractivity contribution in [2.24, 2.45) is 0 Å². The number of aliphatic hydroxyl groups is 4. The van der Waals surface area contributed by atoms with Gasteiger partial charge in [-0.3, -0.25) is 4.79 Å². The minimum Gasteiger partial charge on any atom is -0.394 e. The lowest BCUT2D eigenvalue weighted by molar-refractivity contribution is -0.132. The van der Waals surface area contributed by atoms with Gasteiger partial charge < -0.3 is 25.7 Å². The molecule has 0 saturated carbocycles. The van der Waals surface area contributed by atoms with Crippen molar-refractivity contribution in [2.75, 3.05) is 6.61 Å². The van der Waals surface area contributed by atoms with Crippen LogP contribution in [0.1, 0.15) is 386 Å². The highest BCUT2D eigenvalue weighted by Crippen LogP contribution is 2.19. The van der Waals surface area contributed by atoms with E-state index >= 15 is 0 Å². The number of allylic oxidation sites excluding steroid dienone is 8. The van der Waals surface area contributed by atoms with Gasteiger partial charge in [-0.05, 0) is 89.9 Å². The third-order valence-electron chi connectivity index (χ3n) is 17.0. The highest BCUT2D eigenvalue weighted by atomic mass is 16.3. The molecule has 0 rings (SSSR count). The van der Waals surface area contributed by atoms with Crippen molar-refractivity contribution in [2.45, 2.75) is 411 Å². The number of aliphatic hydroxyl groups excluding tert-OH is 4. The summed E-state index contributed by atoms with van der Waals surface area (Å²) in [7, 11) is 0. The van der Waals surface area contributed by atoms with Crippen LogP contribution in [0.4, 0.5) is 0 Å². The Morgan fingerprint density at radius 3 is 0.787 bits per heavy atom. The van der Waals surface area contributed by atoms with Crippen LogP contribution in [0.25, 0.3) is 0 Å². The second kappa shape index (κ2) is 68.1. The van der Waals surface area contributed by atoms with Crippen LogP contribution in [0.2, 0.25) is 0 Å². The Hall–Kier alpha value is -1.73. The molecule has 0 aliphatic heterocycles. The van der Waals surface area contributed by atoms with Crippen LogP contribution in [0, 0.1) is 0 Å². The first-order valence-corrected chi connectivity index (χ1v) is 36.0. The van der Waals surface area contributed by atoms with Crippen molar-refractivity contribution in [1.82, 2.24) is 5.32 Å². The Kier molecular flexibility index (Phi) is 66.6. The van der Waals surface area contributed by atoms with Crippen LogP contribution >= 0.6 is 0 Å². The lowest BCUT2D eigenvalue weighted by Crippen LogP contribution is -2.53. The monoisotopic (exact) mass is 1120 g/mol. The molecule has 4 atom stereocenters. The first-order chi connectivity index (χ1) is 39.5. The zero-order valence-electron chi connectivity index (χ0n) is 53.8. The molecule has 0 bridgehead atoms. The van der Waals surface area contributed by atoms with Crippen LogP contribution in [0.3, 0.4) is 0 Å². The average molecular weight is 1120 g/mol. The summed E-state index contributed by atoms with van der Waals surface area (Å²) in [4.78, 5) is 12.7. The molecule has 0 aromatic rings. The normalized spacial score (nSPS) is 13.7. The van der Waals surface area contributed by atoms with Crippen molar-refractivity contribution in [3.8, 4) is 0 Å². The van der Waals surface area contributed by atoms with Crippen molar-refractivity contribution in [3.63, 3.8) is 0 Å². The van der Waals surface area contributed by atoms with Gasteiger partial charge in [0.2, 0.25) is 5.91 Å². The Balaban J connectivity index is 3.60. The van der Waals surface area contributed by atoms with Crippen molar-refractivity contribution in [1.29, 1.82) is 0 Å². The molecule has 0 heterocycles. The van der Waals surface area contributed by atoms with Crippen molar-refractivity contribution in [3.05, 3.63) is 48.6 Å². The quantitative estimate of drug-likeness (QED) is 0.0308. The molecule has 0 radical (unpaired) electrons. The predicted octanol–water partition coefficient (Wildman–Crippen LogP) is 22.4. The van der Waals surface area contributed by atoms with Gasteiger partial charge in [0.05, 0.1) is 18.8 Å². The molecule has 0 aliphatic carbocycles. The van der Waals surface area contributed by atoms with Gasteiger partial charge >= 0.3 is 0 Å². The Labute approximate surface area is 500 Å². The lowest BCUT2D eigenvalue weighted by atomic mass is 10.00. The lowest BCUT2D eigenvalue weighted by Gasteiger charge is -2.27. The van der Waals surface area contributed by atoms with E-state index < -0.39 is 36.9 Å². The van der Waals surface area contributed by atoms with E-state index in [-0.39, 0.29) is 0 Å². The van der Waals surface area contributed by atoms with E-state index in [4.69, 9.17) is 0 Å². The fourth-order valence-corrected chi connectivity index (χ4v) is 11.4. The zero-order chi connectivity index (χ0) is 58.0. The summed E-state index contributed by atoms with van der Waals surface area (Å²) in [6.07, 6.45) is 89.7. The summed E-state index contributed by atoms with van der Waals surface area (Å²) in [5, 5.41) is 44.2. The van der Waals surface area contributed by atoms with E-state index in [0.29, 0.717) is 19.3 Å². The molecule has 6 heteroatoms. The van der Waals surface area contributed by atoms with Gasteiger partial charge in [-0.15, -0.1) is 0 Å². The molecule has 0 aromatic heterocycles. The van der Waals surface area contributed by atoms with Crippen LogP contribution in [0.15, 0.2) is 48.6 Å². The molecule has 80 heavy (non-hydrogen) atoms. The first-order valence-electron chi connectivity index (χ1n) is 36.0. The number of amides is 1. The third kappa shape index (κ3) is 60.8. The minimum absolute atomic E-state index is 0.360. The fourth-order valence-electron chi connectivity index (χ4n) is 11.4. The molecule has 4 unspecified atom stereocenters. The smallest absolute Gasteiger partial charge is 0.249 e. The number of carbonyl (C=O) groups is 1. The van der Waals surface area contributed by atoms with Gasteiger partial charge in [-0.2, -0.15) is 0 Å². The summed E-state index contributed by atoms with van der Waals surface area (Å²) in [6, 6.07) is -1.01. The van der Waals surface area contributed by atoms with Crippen molar-refractivity contribution >= 4 is 5.91 Å². The average Bonchev–Trinajstić information content (AvgIpc) is 3.46. The van der Waals surface area contributed by atoms with Gasteiger partial charge in [0.1, 0.15) is 12.2 Å². The van der Waals surface area contributed by atoms with E-state index in [1.165, 1.54) is 302 Å². The van der Waals surface area contributed by atoms with Gasteiger partial charge in [0, 0.05) is 0 Å². The van der Waals surface area contributed by atoms with Gasteiger partial charge in [0.15, 0.2) is 0 Å². The van der Waals surface area contributed by atoms with Crippen LogP contribution < -0.4 is 5.32 Å². The van der Waals surface area contributed by atoms with E-state index in [0.717, 1.165) is 51.4 Å². The Morgan fingerprint density at radius 1 is 0.300 bits per heavy atom. The maximum atomic E-state index is 12.7. The van der Waals surface area contributed by atoms with Crippen molar-refractivity contribution < 1.29 is 25.2 Å². The van der Waals surface area contributed by atoms with E-state index in [1.807, 2.05) is 0 Å². The number of hydrogen-bond acceptors (Lipinski definition) is 5. The maximum absolute atomic E-state index is 12.7. The Bertz CT molecular complexity index is 1310. The maximum Gasteiger partial charge on any atom is 0.249 e. The van der Waals surface area contributed by atoms with E-state index in [1.54, 1.807) is 0 Å². The van der Waals surface area contributed by atoms with Crippen LogP contribution in [-0.2, 0) is 4.79 Å². The minimum atomic E-state index is -1.30. The van der Waals surface area contributed by atoms with Crippen LogP contribution in [0.5, 0.6) is 0 Å². The van der Waals surface area contributed by atoms with E-state index in [9.17, 15) is 25.2 Å². The largest absolute Gasteiger partial charge is 0.394 e. The summed E-state index contributed by atoms with van der Waals surface area (Å²) in [5.74, 6) is -0.594.